The molecular weight excluding hydrogens is 408 g/mol. The number of rotatable bonds is 5. The molecule has 0 aliphatic carbocycles. The Morgan fingerprint density at radius 1 is 0.968 bits per heavy atom. The lowest BCUT2D eigenvalue weighted by atomic mass is 9.97. The third-order valence-corrected chi connectivity index (χ3v) is 7.80. The third-order valence-electron chi connectivity index (χ3n) is 6.84. The van der Waals surface area contributed by atoms with Crippen LogP contribution in [0.2, 0.25) is 0 Å². The van der Waals surface area contributed by atoms with Gasteiger partial charge in [0.25, 0.3) is 0 Å². The van der Waals surface area contributed by atoms with Crippen LogP contribution in [0.4, 0.5) is 0 Å². The molecule has 0 radical (unpaired) electrons. The van der Waals surface area contributed by atoms with E-state index >= 15 is 0 Å². The summed E-state index contributed by atoms with van der Waals surface area (Å²) in [5.41, 5.74) is 1.82. The van der Waals surface area contributed by atoms with Gasteiger partial charge >= 0.3 is 0 Å². The second kappa shape index (κ2) is 9.63. The van der Waals surface area contributed by atoms with Gasteiger partial charge in [0.1, 0.15) is 6.54 Å². The Morgan fingerprint density at radius 2 is 1.68 bits per heavy atom. The second-order valence-electron chi connectivity index (χ2n) is 9.12. The summed E-state index contributed by atoms with van der Waals surface area (Å²) in [7, 11) is 0. The Kier molecular flexibility index (Phi) is 6.89. The van der Waals surface area contributed by atoms with Crippen molar-refractivity contribution in [1.82, 2.24) is 19.4 Å². The van der Waals surface area contributed by atoms with E-state index in [1.165, 1.54) is 24.6 Å². The summed E-state index contributed by atoms with van der Waals surface area (Å²) < 4.78 is 2.00. The number of likely N-dealkylation sites (tertiary alicyclic amines) is 2. The van der Waals surface area contributed by atoms with E-state index in [4.69, 9.17) is 4.98 Å². The Hall–Kier alpha value is -2.02. The molecule has 0 saturated carbocycles. The van der Waals surface area contributed by atoms with Gasteiger partial charge in [-0.2, -0.15) is 0 Å². The predicted octanol–water partition coefficient (Wildman–Crippen LogP) is 4.32. The SMILES string of the molecule is C[C@H]1CCCCN1C(=O)CSc1nc2ccccc2n1CC(=O)N1[C@@H](C)CCC[C@@H]1C. The maximum Gasteiger partial charge on any atom is 0.243 e. The van der Waals surface area contributed by atoms with Gasteiger partial charge in [0.15, 0.2) is 5.16 Å². The van der Waals surface area contributed by atoms with E-state index in [2.05, 4.69) is 20.8 Å². The largest absolute Gasteiger partial charge is 0.339 e. The smallest absolute Gasteiger partial charge is 0.243 e. The van der Waals surface area contributed by atoms with E-state index in [0.717, 1.165) is 48.4 Å². The van der Waals surface area contributed by atoms with Crippen LogP contribution in [0.1, 0.15) is 59.3 Å². The minimum absolute atomic E-state index is 0.140. The zero-order chi connectivity index (χ0) is 22.0. The summed E-state index contributed by atoms with van der Waals surface area (Å²) in [6, 6.07) is 8.77. The zero-order valence-electron chi connectivity index (χ0n) is 18.9. The van der Waals surface area contributed by atoms with Crippen molar-refractivity contribution in [3.63, 3.8) is 0 Å². The van der Waals surface area contributed by atoms with E-state index < -0.39 is 0 Å². The molecule has 2 aromatic rings. The van der Waals surface area contributed by atoms with E-state index in [9.17, 15) is 9.59 Å². The highest BCUT2D eigenvalue weighted by Crippen LogP contribution is 2.28. The standard InChI is InChI=1S/C24H34N4O2S/c1-17-9-6-7-14-26(17)23(30)16-31-24-25-20-12-4-5-13-21(20)27(24)15-22(29)28-18(2)10-8-11-19(28)3/h4-5,12-13,17-19H,6-11,14-16H2,1-3H3/t17-,18-,19-/m0/s1. The van der Waals surface area contributed by atoms with Crippen molar-refractivity contribution >= 4 is 34.6 Å². The normalized spacial score (nSPS) is 24.5. The number of amides is 2. The average Bonchev–Trinajstić information content (AvgIpc) is 3.09. The highest BCUT2D eigenvalue weighted by Gasteiger charge is 2.30. The maximum absolute atomic E-state index is 13.3. The molecule has 2 aliphatic heterocycles. The van der Waals surface area contributed by atoms with Crippen LogP contribution in [-0.2, 0) is 16.1 Å². The minimum atomic E-state index is 0.140. The minimum Gasteiger partial charge on any atom is -0.339 e. The van der Waals surface area contributed by atoms with Gasteiger partial charge in [-0.15, -0.1) is 0 Å². The summed E-state index contributed by atoms with van der Waals surface area (Å²) in [6.07, 6.45) is 6.66. The quantitative estimate of drug-likeness (QED) is 0.647. The van der Waals surface area contributed by atoms with Gasteiger partial charge in [0.05, 0.1) is 16.8 Å². The average molecular weight is 443 g/mol. The van der Waals surface area contributed by atoms with Crippen LogP contribution in [0.15, 0.2) is 29.4 Å². The fraction of sp³-hybridized carbons (Fsp3) is 0.625. The van der Waals surface area contributed by atoms with Crippen LogP contribution in [0.3, 0.4) is 0 Å². The number of carbonyl (C=O) groups is 2. The van der Waals surface area contributed by atoms with Crippen LogP contribution >= 0.6 is 11.8 Å². The fourth-order valence-corrected chi connectivity index (χ4v) is 6.02. The van der Waals surface area contributed by atoms with Crippen molar-refractivity contribution in [2.75, 3.05) is 12.3 Å². The molecule has 3 heterocycles. The first kappa shape index (κ1) is 22.2. The van der Waals surface area contributed by atoms with E-state index in [0.29, 0.717) is 11.8 Å². The summed E-state index contributed by atoms with van der Waals surface area (Å²) in [5, 5.41) is 0.755. The number of hydrogen-bond acceptors (Lipinski definition) is 4. The summed E-state index contributed by atoms with van der Waals surface area (Å²) in [5.74, 6) is 0.666. The molecule has 7 heteroatoms. The van der Waals surface area contributed by atoms with Gasteiger partial charge in [-0.3, -0.25) is 9.59 Å². The number of piperidine rings is 2. The molecule has 3 atom stereocenters. The molecule has 168 valence electrons. The van der Waals surface area contributed by atoms with Crippen LogP contribution < -0.4 is 0 Å². The molecule has 0 spiro atoms. The van der Waals surface area contributed by atoms with Crippen molar-refractivity contribution in [3.05, 3.63) is 24.3 Å². The predicted molar refractivity (Wildman–Crippen MR) is 125 cm³/mol. The number of benzene rings is 1. The van der Waals surface area contributed by atoms with Crippen molar-refractivity contribution in [2.24, 2.45) is 0 Å². The Labute approximate surface area is 189 Å². The molecule has 0 N–H and O–H groups in total. The summed E-state index contributed by atoms with van der Waals surface area (Å²) in [4.78, 5) is 35.0. The van der Waals surface area contributed by atoms with E-state index in [1.807, 2.05) is 38.6 Å². The second-order valence-corrected chi connectivity index (χ2v) is 10.1. The Balaban J connectivity index is 1.53. The molecule has 2 fully saturated rings. The van der Waals surface area contributed by atoms with Crippen molar-refractivity contribution < 1.29 is 9.59 Å². The Bertz CT molecular complexity index is 933. The molecule has 31 heavy (non-hydrogen) atoms. The van der Waals surface area contributed by atoms with Crippen molar-refractivity contribution in [2.45, 2.75) is 89.1 Å². The summed E-state index contributed by atoms with van der Waals surface area (Å²) in [6.45, 7) is 7.55. The topological polar surface area (TPSA) is 58.4 Å². The first-order valence-corrected chi connectivity index (χ1v) is 12.6. The van der Waals surface area contributed by atoms with Crippen molar-refractivity contribution in [3.8, 4) is 0 Å². The van der Waals surface area contributed by atoms with E-state index in [-0.39, 0.29) is 30.4 Å². The van der Waals surface area contributed by atoms with Gasteiger partial charge < -0.3 is 14.4 Å². The Morgan fingerprint density at radius 3 is 2.42 bits per heavy atom. The molecule has 2 amide bonds. The summed E-state index contributed by atoms with van der Waals surface area (Å²) >= 11 is 1.46. The number of para-hydroxylation sites is 2. The zero-order valence-corrected chi connectivity index (χ0v) is 19.7. The number of imidazole rings is 1. The maximum atomic E-state index is 13.3. The van der Waals surface area contributed by atoms with E-state index in [1.54, 1.807) is 0 Å². The van der Waals surface area contributed by atoms with Crippen LogP contribution in [0.25, 0.3) is 11.0 Å². The van der Waals surface area contributed by atoms with Crippen LogP contribution in [0.5, 0.6) is 0 Å². The number of aromatic nitrogens is 2. The number of nitrogens with zero attached hydrogens (tertiary/aromatic N) is 4. The van der Waals surface area contributed by atoms with Gasteiger partial charge in [-0.05, 0) is 71.4 Å². The van der Waals surface area contributed by atoms with Gasteiger partial charge in [0.2, 0.25) is 11.8 Å². The lowest BCUT2D eigenvalue weighted by Gasteiger charge is -2.39. The molecule has 0 unspecified atom stereocenters. The highest BCUT2D eigenvalue weighted by atomic mass is 32.2. The number of carbonyl (C=O) groups excluding carboxylic acids is 2. The first-order valence-electron chi connectivity index (χ1n) is 11.6. The van der Waals surface area contributed by atoms with Gasteiger partial charge in [-0.25, -0.2) is 4.98 Å². The van der Waals surface area contributed by atoms with Crippen molar-refractivity contribution in [1.29, 1.82) is 0 Å². The van der Waals surface area contributed by atoms with Gasteiger partial charge in [0, 0.05) is 24.7 Å². The number of fused-ring (bicyclic) bond motifs is 1. The molecule has 4 rings (SSSR count). The lowest BCUT2D eigenvalue weighted by molar-refractivity contribution is -0.138. The molecule has 2 saturated heterocycles. The highest BCUT2D eigenvalue weighted by molar-refractivity contribution is 7.99. The van der Waals surface area contributed by atoms with Gasteiger partial charge in [-0.1, -0.05) is 23.9 Å². The fourth-order valence-electron chi connectivity index (χ4n) is 5.12. The molecule has 2 aliphatic rings. The van der Waals surface area contributed by atoms with Crippen LogP contribution in [-0.4, -0.2) is 61.6 Å². The molecule has 6 nitrogen and oxygen atoms in total. The monoisotopic (exact) mass is 442 g/mol. The molecule has 1 aromatic carbocycles. The first-order chi connectivity index (χ1) is 15.0. The van der Waals surface area contributed by atoms with Crippen LogP contribution in [0, 0.1) is 0 Å². The molecular formula is C24H34N4O2S. The lowest BCUT2D eigenvalue weighted by Crippen LogP contribution is -2.48. The number of hydrogen-bond donors (Lipinski definition) is 0. The molecule has 0 bridgehead atoms. The number of thioether (sulfide) groups is 1. The third kappa shape index (κ3) is 4.76. The molecule has 1 aromatic heterocycles.